The zero-order chi connectivity index (χ0) is 26.4. The lowest BCUT2D eigenvalue weighted by atomic mass is 9.98. The molecule has 1 aliphatic carbocycles. The summed E-state index contributed by atoms with van der Waals surface area (Å²) >= 11 is 0. The molecule has 0 aromatic heterocycles. The SMILES string of the molecule is CC(C)N(Cc1ccccc1)C(=O)C(CCC(=O)O)NC(=O)OCC1c2ccccc2-c2ccccc21. The monoisotopic (exact) mass is 500 g/mol. The molecule has 1 aliphatic rings. The highest BCUT2D eigenvalue weighted by molar-refractivity contribution is 5.86. The van der Waals surface area contributed by atoms with Crippen molar-refractivity contribution in [3.63, 3.8) is 0 Å². The molecule has 3 aromatic carbocycles. The van der Waals surface area contributed by atoms with Gasteiger partial charge in [-0.1, -0.05) is 78.9 Å². The molecule has 1 unspecified atom stereocenters. The van der Waals surface area contributed by atoms with Gasteiger partial charge in [-0.15, -0.1) is 0 Å². The fraction of sp³-hybridized carbons (Fsp3) is 0.300. The number of benzene rings is 3. The summed E-state index contributed by atoms with van der Waals surface area (Å²) in [7, 11) is 0. The number of hydrogen-bond donors (Lipinski definition) is 2. The molecule has 7 nitrogen and oxygen atoms in total. The third-order valence-electron chi connectivity index (χ3n) is 6.68. The largest absolute Gasteiger partial charge is 0.481 e. The molecule has 2 N–H and O–H groups in total. The molecule has 3 aromatic rings. The average Bonchev–Trinajstić information content (AvgIpc) is 3.22. The lowest BCUT2D eigenvalue weighted by molar-refractivity contribution is -0.138. The molecule has 0 radical (unpaired) electrons. The number of rotatable bonds is 10. The molecule has 0 bridgehead atoms. The number of carboxylic acids is 1. The number of ether oxygens (including phenoxy) is 1. The highest BCUT2D eigenvalue weighted by Crippen LogP contribution is 2.44. The molecule has 0 fully saturated rings. The number of alkyl carbamates (subject to hydrolysis) is 1. The molecule has 7 heteroatoms. The van der Waals surface area contributed by atoms with Crippen LogP contribution in [-0.4, -0.2) is 46.7 Å². The second-order valence-electron chi connectivity index (χ2n) is 9.50. The molecule has 1 atom stereocenters. The Labute approximate surface area is 217 Å². The Kier molecular flexibility index (Phi) is 8.23. The van der Waals surface area contributed by atoms with Gasteiger partial charge in [-0.2, -0.15) is 0 Å². The van der Waals surface area contributed by atoms with Crippen molar-refractivity contribution in [1.82, 2.24) is 10.2 Å². The Balaban J connectivity index is 1.46. The second-order valence-corrected chi connectivity index (χ2v) is 9.50. The molecule has 0 aliphatic heterocycles. The minimum Gasteiger partial charge on any atom is -0.481 e. The Hall–Kier alpha value is -4.13. The van der Waals surface area contributed by atoms with Crippen LogP contribution in [0.3, 0.4) is 0 Å². The van der Waals surface area contributed by atoms with Crippen molar-refractivity contribution in [3.05, 3.63) is 95.6 Å². The van der Waals surface area contributed by atoms with Crippen LogP contribution in [-0.2, 0) is 20.9 Å². The number of carbonyl (C=O) groups is 3. The normalized spacial score (nSPS) is 12.9. The maximum absolute atomic E-state index is 13.5. The summed E-state index contributed by atoms with van der Waals surface area (Å²) in [5.74, 6) is -1.49. The van der Waals surface area contributed by atoms with Crippen molar-refractivity contribution < 1.29 is 24.2 Å². The Morgan fingerprint density at radius 3 is 2.03 bits per heavy atom. The number of fused-ring (bicyclic) bond motifs is 3. The van der Waals surface area contributed by atoms with Crippen LogP contribution in [0.2, 0.25) is 0 Å². The van der Waals surface area contributed by atoms with E-state index >= 15 is 0 Å². The van der Waals surface area contributed by atoms with Crippen molar-refractivity contribution in [2.24, 2.45) is 0 Å². The molecule has 4 rings (SSSR count). The lowest BCUT2D eigenvalue weighted by Gasteiger charge is -2.31. The molecule has 37 heavy (non-hydrogen) atoms. The average molecular weight is 501 g/mol. The van der Waals surface area contributed by atoms with Gasteiger partial charge >= 0.3 is 12.1 Å². The van der Waals surface area contributed by atoms with E-state index < -0.39 is 18.1 Å². The summed E-state index contributed by atoms with van der Waals surface area (Å²) in [6, 6.07) is 24.5. The van der Waals surface area contributed by atoms with E-state index in [1.165, 1.54) is 0 Å². The molecule has 0 saturated carbocycles. The van der Waals surface area contributed by atoms with Crippen LogP contribution < -0.4 is 5.32 Å². The Morgan fingerprint density at radius 2 is 1.46 bits per heavy atom. The highest BCUT2D eigenvalue weighted by atomic mass is 16.5. The summed E-state index contributed by atoms with van der Waals surface area (Å²) in [6.45, 7) is 4.25. The highest BCUT2D eigenvalue weighted by Gasteiger charge is 2.31. The van der Waals surface area contributed by atoms with E-state index in [0.29, 0.717) is 6.54 Å². The van der Waals surface area contributed by atoms with Crippen LogP contribution in [0.25, 0.3) is 11.1 Å². The van der Waals surface area contributed by atoms with Crippen molar-refractivity contribution in [3.8, 4) is 11.1 Å². The van der Waals surface area contributed by atoms with Crippen LogP contribution in [0.4, 0.5) is 4.79 Å². The van der Waals surface area contributed by atoms with Gasteiger partial charge in [-0.3, -0.25) is 9.59 Å². The first-order valence-electron chi connectivity index (χ1n) is 12.5. The summed E-state index contributed by atoms with van der Waals surface area (Å²) in [6.07, 6.45) is -1.03. The Morgan fingerprint density at radius 1 is 0.892 bits per heavy atom. The molecule has 0 heterocycles. The first kappa shape index (κ1) is 25.9. The summed E-state index contributed by atoms with van der Waals surface area (Å²) in [5.41, 5.74) is 5.36. The summed E-state index contributed by atoms with van der Waals surface area (Å²) in [4.78, 5) is 39.3. The Bertz CT molecular complexity index is 1210. The number of aliphatic carboxylic acids is 1. The fourth-order valence-electron chi connectivity index (χ4n) is 4.80. The van der Waals surface area contributed by atoms with Crippen molar-refractivity contribution >= 4 is 18.0 Å². The van der Waals surface area contributed by atoms with Gasteiger partial charge < -0.3 is 20.1 Å². The van der Waals surface area contributed by atoms with Crippen LogP contribution >= 0.6 is 0 Å². The molecule has 0 saturated heterocycles. The van der Waals surface area contributed by atoms with Crippen molar-refractivity contribution in [1.29, 1.82) is 0 Å². The number of carboxylic acid groups (broad SMARTS) is 1. The standard InChI is InChI=1S/C30H32N2O5/c1-20(2)32(18-21-10-4-3-5-11-21)29(35)27(16-17-28(33)34)31-30(36)37-19-26-24-14-8-6-12-22(24)23-13-7-9-15-25(23)26/h3-15,20,26-27H,16-19H2,1-2H3,(H,31,36)(H,33,34). The first-order chi connectivity index (χ1) is 17.8. The van der Waals surface area contributed by atoms with E-state index in [1.54, 1.807) is 4.90 Å². The maximum atomic E-state index is 13.5. The minimum absolute atomic E-state index is 0.0314. The van der Waals surface area contributed by atoms with E-state index in [-0.39, 0.29) is 37.3 Å². The van der Waals surface area contributed by atoms with Crippen molar-refractivity contribution in [2.75, 3.05) is 6.61 Å². The number of amides is 2. The van der Waals surface area contributed by atoms with E-state index in [0.717, 1.165) is 27.8 Å². The lowest BCUT2D eigenvalue weighted by Crippen LogP contribution is -2.50. The molecule has 2 amide bonds. The third-order valence-corrected chi connectivity index (χ3v) is 6.68. The topological polar surface area (TPSA) is 95.9 Å². The van der Waals surface area contributed by atoms with Gasteiger partial charge in [0.25, 0.3) is 0 Å². The number of nitrogens with one attached hydrogen (secondary N) is 1. The smallest absolute Gasteiger partial charge is 0.407 e. The van der Waals surface area contributed by atoms with Gasteiger partial charge in [-0.05, 0) is 48.1 Å². The van der Waals surface area contributed by atoms with Gasteiger partial charge in [0.2, 0.25) is 5.91 Å². The second kappa shape index (κ2) is 11.7. The number of nitrogens with zero attached hydrogens (tertiary/aromatic N) is 1. The molecular formula is C30H32N2O5. The minimum atomic E-state index is -1.04. The van der Waals surface area contributed by atoms with Gasteiger partial charge in [0.15, 0.2) is 0 Å². The van der Waals surface area contributed by atoms with Crippen LogP contribution in [0, 0.1) is 0 Å². The number of hydrogen-bond acceptors (Lipinski definition) is 4. The third kappa shape index (κ3) is 6.17. The zero-order valence-corrected chi connectivity index (χ0v) is 21.1. The van der Waals surface area contributed by atoms with Crippen LogP contribution in [0.1, 0.15) is 49.3 Å². The van der Waals surface area contributed by atoms with Gasteiger partial charge in [0, 0.05) is 24.9 Å². The predicted octanol–water partition coefficient (Wildman–Crippen LogP) is 5.20. The molecule has 192 valence electrons. The van der Waals surface area contributed by atoms with Crippen LogP contribution in [0.5, 0.6) is 0 Å². The number of carbonyl (C=O) groups excluding carboxylic acids is 2. The van der Waals surface area contributed by atoms with E-state index in [2.05, 4.69) is 17.4 Å². The van der Waals surface area contributed by atoms with E-state index in [9.17, 15) is 19.5 Å². The predicted molar refractivity (Wildman–Crippen MR) is 141 cm³/mol. The summed E-state index contributed by atoms with van der Waals surface area (Å²) in [5, 5.41) is 11.9. The molecular weight excluding hydrogens is 468 g/mol. The van der Waals surface area contributed by atoms with Gasteiger partial charge in [0.1, 0.15) is 12.6 Å². The van der Waals surface area contributed by atoms with E-state index in [4.69, 9.17) is 4.74 Å². The van der Waals surface area contributed by atoms with Crippen molar-refractivity contribution in [2.45, 2.75) is 51.2 Å². The van der Waals surface area contributed by atoms with E-state index in [1.807, 2.05) is 80.6 Å². The van der Waals surface area contributed by atoms with Gasteiger partial charge in [-0.25, -0.2) is 4.79 Å². The maximum Gasteiger partial charge on any atom is 0.407 e. The quantitative estimate of drug-likeness (QED) is 0.399. The van der Waals surface area contributed by atoms with Gasteiger partial charge in [0.05, 0.1) is 0 Å². The zero-order valence-electron chi connectivity index (χ0n) is 21.1. The summed E-state index contributed by atoms with van der Waals surface area (Å²) < 4.78 is 5.62. The van der Waals surface area contributed by atoms with Crippen LogP contribution in [0.15, 0.2) is 78.9 Å². The molecule has 0 spiro atoms. The first-order valence-corrected chi connectivity index (χ1v) is 12.5. The fourth-order valence-corrected chi connectivity index (χ4v) is 4.80.